The van der Waals surface area contributed by atoms with Crippen LogP contribution in [0, 0.1) is 0 Å². The minimum atomic E-state index is -0.233. The van der Waals surface area contributed by atoms with Crippen molar-refractivity contribution in [2.24, 2.45) is 0 Å². The van der Waals surface area contributed by atoms with Crippen molar-refractivity contribution in [2.75, 3.05) is 13.7 Å². The molecule has 6 heteroatoms. The molecular weight excluding hydrogens is 258 g/mol. The summed E-state index contributed by atoms with van der Waals surface area (Å²) in [5.41, 5.74) is 2.06. The van der Waals surface area contributed by atoms with Gasteiger partial charge in [0.05, 0.1) is 13.5 Å². The van der Waals surface area contributed by atoms with Crippen molar-refractivity contribution in [1.82, 2.24) is 15.5 Å². The van der Waals surface area contributed by atoms with Crippen LogP contribution < -0.4 is 5.32 Å². The van der Waals surface area contributed by atoms with Gasteiger partial charge in [-0.2, -0.15) is 4.98 Å². The SMILES string of the molecule is COC(=O)Cc1ccccc1CNCCc1ncno1. The van der Waals surface area contributed by atoms with Crippen LogP contribution >= 0.6 is 0 Å². The van der Waals surface area contributed by atoms with Gasteiger partial charge < -0.3 is 14.6 Å². The largest absolute Gasteiger partial charge is 0.469 e. The molecule has 0 fully saturated rings. The van der Waals surface area contributed by atoms with Crippen LogP contribution in [0.2, 0.25) is 0 Å². The monoisotopic (exact) mass is 275 g/mol. The van der Waals surface area contributed by atoms with Crippen molar-refractivity contribution in [3.63, 3.8) is 0 Å². The van der Waals surface area contributed by atoms with Crippen molar-refractivity contribution in [3.05, 3.63) is 47.6 Å². The molecule has 2 aromatic rings. The van der Waals surface area contributed by atoms with Crippen LogP contribution in [0.15, 0.2) is 35.1 Å². The molecule has 0 saturated carbocycles. The Labute approximate surface area is 117 Å². The zero-order valence-corrected chi connectivity index (χ0v) is 11.3. The predicted molar refractivity (Wildman–Crippen MR) is 71.9 cm³/mol. The number of methoxy groups -OCH3 is 1. The molecule has 0 bridgehead atoms. The predicted octanol–water partition coefficient (Wildman–Crippen LogP) is 1.12. The van der Waals surface area contributed by atoms with Crippen LogP contribution in [0.3, 0.4) is 0 Å². The molecule has 0 radical (unpaired) electrons. The Morgan fingerprint density at radius 2 is 2.15 bits per heavy atom. The second-order valence-electron chi connectivity index (χ2n) is 4.28. The van der Waals surface area contributed by atoms with E-state index in [2.05, 4.69) is 15.5 Å². The number of aromatic nitrogens is 2. The first kappa shape index (κ1) is 14.2. The molecule has 0 aliphatic rings. The standard InChI is InChI=1S/C14H17N3O3/c1-19-14(18)8-11-4-2-3-5-12(11)9-15-7-6-13-16-10-17-20-13/h2-5,10,15H,6-9H2,1H3. The van der Waals surface area contributed by atoms with Gasteiger partial charge in [-0.3, -0.25) is 4.79 Å². The Kier molecular flexibility index (Phi) is 5.25. The first-order chi connectivity index (χ1) is 9.79. The lowest BCUT2D eigenvalue weighted by molar-refractivity contribution is -0.139. The fourth-order valence-corrected chi connectivity index (χ4v) is 1.85. The summed E-state index contributed by atoms with van der Waals surface area (Å²) in [6, 6.07) is 7.81. The highest BCUT2D eigenvalue weighted by atomic mass is 16.5. The van der Waals surface area contributed by atoms with Gasteiger partial charge >= 0.3 is 5.97 Å². The first-order valence-electron chi connectivity index (χ1n) is 6.39. The van der Waals surface area contributed by atoms with Gasteiger partial charge in [0.25, 0.3) is 0 Å². The number of nitrogens with one attached hydrogen (secondary N) is 1. The maximum absolute atomic E-state index is 11.3. The molecule has 1 heterocycles. The molecule has 1 aromatic heterocycles. The lowest BCUT2D eigenvalue weighted by Crippen LogP contribution is -2.18. The maximum Gasteiger partial charge on any atom is 0.309 e. The van der Waals surface area contributed by atoms with Crippen molar-refractivity contribution < 1.29 is 14.1 Å². The Morgan fingerprint density at radius 1 is 1.35 bits per heavy atom. The summed E-state index contributed by atoms with van der Waals surface area (Å²) >= 11 is 0. The van der Waals surface area contributed by atoms with E-state index in [1.807, 2.05) is 24.3 Å². The Morgan fingerprint density at radius 3 is 2.85 bits per heavy atom. The molecule has 0 saturated heterocycles. The molecule has 0 amide bonds. The molecule has 1 aromatic carbocycles. The molecule has 0 aliphatic carbocycles. The summed E-state index contributed by atoms with van der Waals surface area (Å²) in [5.74, 6) is 0.378. The number of hydrogen-bond donors (Lipinski definition) is 1. The lowest BCUT2D eigenvalue weighted by Gasteiger charge is -2.09. The van der Waals surface area contributed by atoms with Gasteiger partial charge in [-0.1, -0.05) is 29.4 Å². The highest BCUT2D eigenvalue weighted by molar-refractivity contribution is 5.72. The third-order valence-electron chi connectivity index (χ3n) is 2.92. The summed E-state index contributed by atoms with van der Waals surface area (Å²) in [6.45, 7) is 1.41. The molecule has 0 unspecified atom stereocenters. The number of ether oxygens (including phenoxy) is 1. The van der Waals surface area contributed by atoms with Crippen LogP contribution in [-0.4, -0.2) is 29.8 Å². The Bertz CT molecular complexity index is 540. The highest BCUT2D eigenvalue weighted by Gasteiger charge is 2.07. The normalized spacial score (nSPS) is 10.4. The number of esters is 1. The summed E-state index contributed by atoms with van der Waals surface area (Å²) in [5, 5.41) is 6.84. The van der Waals surface area contributed by atoms with E-state index in [0.29, 0.717) is 18.9 Å². The smallest absolute Gasteiger partial charge is 0.309 e. The number of carbonyl (C=O) groups excluding carboxylic acids is 1. The van der Waals surface area contributed by atoms with E-state index >= 15 is 0 Å². The average Bonchev–Trinajstić information content (AvgIpc) is 2.98. The topological polar surface area (TPSA) is 77.2 Å². The zero-order valence-electron chi connectivity index (χ0n) is 11.3. The average molecular weight is 275 g/mol. The highest BCUT2D eigenvalue weighted by Crippen LogP contribution is 2.10. The number of benzene rings is 1. The third kappa shape index (κ3) is 4.17. The fourth-order valence-electron chi connectivity index (χ4n) is 1.85. The minimum absolute atomic E-state index is 0.233. The summed E-state index contributed by atoms with van der Waals surface area (Å²) < 4.78 is 9.61. The van der Waals surface area contributed by atoms with Crippen molar-refractivity contribution in [3.8, 4) is 0 Å². The Hall–Kier alpha value is -2.21. The van der Waals surface area contributed by atoms with Crippen LogP contribution in [0.5, 0.6) is 0 Å². The van der Waals surface area contributed by atoms with Crippen molar-refractivity contribution in [1.29, 1.82) is 0 Å². The third-order valence-corrected chi connectivity index (χ3v) is 2.92. The van der Waals surface area contributed by atoms with E-state index in [4.69, 9.17) is 9.26 Å². The molecule has 0 spiro atoms. The van der Waals surface area contributed by atoms with Gasteiger partial charge in [-0.05, 0) is 11.1 Å². The lowest BCUT2D eigenvalue weighted by atomic mass is 10.0. The van der Waals surface area contributed by atoms with Crippen LogP contribution in [0.25, 0.3) is 0 Å². The molecule has 1 N–H and O–H groups in total. The van der Waals surface area contributed by atoms with Crippen LogP contribution in [0.1, 0.15) is 17.0 Å². The number of nitrogens with zero attached hydrogens (tertiary/aromatic N) is 2. The Balaban J connectivity index is 1.84. The van der Waals surface area contributed by atoms with E-state index in [1.54, 1.807) is 0 Å². The second-order valence-corrected chi connectivity index (χ2v) is 4.28. The summed E-state index contributed by atoms with van der Waals surface area (Å²) in [4.78, 5) is 15.3. The fraction of sp³-hybridized carbons (Fsp3) is 0.357. The van der Waals surface area contributed by atoms with Crippen molar-refractivity contribution >= 4 is 5.97 Å². The number of carbonyl (C=O) groups is 1. The van der Waals surface area contributed by atoms with Crippen molar-refractivity contribution in [2.45, 2.75) is 19.4 Å². The van der Waals surface area contributed by atoms with Gasteiger partial charge in [0, 0.05) is 19.5 Å². The number of rotatable bonds is 7. The summed E-state index contributed by atoms with van der Waals surface area (Å²) in [6.07, 6.45) is 2.36. The molecular formula is C14H17N3O3. The van der Waals surface area contributed by atoms with Crippen LogP contribution in [-0.2, 0) is 28.9 Å². The maximum atomic E-state index is 11.3. The minimum Gasteiger partial charge on any atom is -0.469 e. The molecule has 2 rings (SSSR count). The molecule has 20 heavy (non-hydrogen) atoms. The van der Waals surface area contributed by atoms with E-state index in [9.17, 15) is 4.79 Å². The van der Waals surface area contributed by atoms with Crippen LogP contribution in [0.4, 0.5) is 0 Å². The molecule has 106 valence electrons. The van der Waals surface area contributed by atoms with E-state index in [1.165, 1.54) is 13.4 Å². The molecule has 0 atom stereocenters. The molecule has 6 nitrogen and oxygen atoms in total. The van der Waals surface area contributed by atoms with E-state index < -0.39 is 0 Å². The van der Waals surface area contributed by atoms with E-state index in [0.717, 1.165) is 17.7 Å². The summed E-state index contributed by atoms with van der Waals surface area (Å²) in [7, 11) is 1.40. The quantitative estimate of drug-likeness (QED) is 0.602. The molecule has 0 aliphatic heterocycles. The number of hydrogen-bond acceptors (Lipinski definition) is 6. The van der Waals surface area contributed by atoms with E-state index in [-0.39, 0.29) is 12.4 Å². The van der Waals surface area contributed by atoms with Gasteiger partial charge in [0.2, 0.25) is 5.89 Å². The zero-order chi connectivity index (χ0) is 14.2. The first-order valence-corrected chi connectivity index (χ1v) is 6.39. The van der Waals surface area contributed by atoms with Gasteiger partial charge in [-0.25, -0.2) is 0 Å². The van der Waals surface area contributed by atoms with Gasteiger partial charge in [0.15, 0.2) is 6.33 Å². The second kappa shape index (κ2) is 7.40. The van der Waals surface area contributed by atoms with Gasteiger partial charge in [-0.15, -0.1) is 0 Å². The van der Waals surface area contributed by atoms with Gasteiger partial charge in [0.1, 0.15) is 0 Å².